The first-order valence-electron chi connectivity index (χ1n) is 7.42. The van der Waals surface area contributed by atoms with E-state index in [1.54, 1.807) is 33.0 Å². The Morgan fingerprint density at radius 2 is 1.87 bits per heavy atom. The molecule has 0 aliphatic rings. The number of carbonyl (C=O) groups is 3. The maximum atomic E-state index is 12.2. The van der Waals surface area contributed by atoms with Crippen molar-refractivity contribution in [2.75, 3.05) is 25.6 Å². The van der Waals surface area contributed by atoms with Crippen LogP contribution >= 0.6 is 11.3 Å². The summed E-state index contributed by atoms with van der Waals surface area (Å²) in [7, 11) is 1.76. The minimum Gasteiger partial charge on any atom is -0.466 e. The third kappa shape index (κ3) is 6.27. The highest BCUT2D eigenvalue weighted by molar-refractivity contribution is 7.17. The minimum atomic E-state index is -0.882. The van der Waals surface area contributed by atoms with Crippen LogP contribution in [-0.2, 0) is 19.1 Å². The Morgan fingerprint density at radius 3 is 2.43 bits per heavy atom. The zero-order valence-electron chi connectivity index (χ0n) is 13.5. The fraction of sp³-hybridized carbons (Fsp3) is 0.533. The first kappa shape index (κ1) is 19.0. The molecule has 1 aromatic heterocycles. The van der Waals surface area contributed by atoms with E-state index in [1.165, 1.54) is 11.3 Å². The summed E-state index contributed by atoms with van der Waals surface area (Å²) >= 11 is 1.27. The number of thiophene rings is 1. The maximum absolute atomic E-state index is 12.2. The van der Waals surface area contributed by atoms with Gasteiger partial charge in [0.05, 0.1) is 23.1 Å². The number of nitrogens with one attached hydrogen (secondary N) is 2. The van der Waals surface area contributed by atoms with Gasteiger partial charge in [-0.05, 0) is 32.4 Å². The zero-order valence-corrected chi connectivity index (χ0v) is 14.3. The number of amides is 1. The van der Waals surface area contributed by atoms with Crippen LogP contribution in [0.2, 0.25) is 0 Å². The molecule has 128 valence electrons. The van der Waals surface area contributed by atoms with Crippen LogP contribution < -0.4 is 10.6 Å². The van der Waals surface area contributed by atoms with Gasteiger partial charge in [0.1, 0.15) is 6.04 Å². The Kier molecular flexibility index (Phi) is 8.10. The van der Waals surface area contributed by atoms with E-state index >= 15 is 0 Å². The van der Waals surface area contributed by atoms with E-state index in [-0.39, 0.29) is 32.0 Å². The number of anilines is 1. The molecule has 0 aliphatic heterocycles. The lowest BCUT2D eigenvalue weighted by Crippen LogP contribution is -2.42. The van der Waals surface area contributed by atoms with Crippen molar-refractivity contribution in [1.29, 1.82) is 0 Å². The summed E-state index contributed by atoms with van der Waals surface area (Å²) in [6.07, 6.45) is 0.164. The first-order valence-corrected chi connectivity index (χ1v) is 8.24. The second-order valence-electron chi connectivity index (χ2n) is 4.54. The van der Waals surface area contributed by atoms with Crippen molar-refractivity contribution in [2.45, 2.75) is 32.7 Å². The topological polar surface area (TPSA) is 93.7 Å². The molecular formula is C15H22N2O5S. The van der Waals surface area contributed by atoms with Crippen molar-refractivity contribution in [3.63, 3.8) is 0 Å². The summed E-state index contributed by atoms with van der Waals surface area (Å²) in [4.78, 5) is 36.1. The van der Waals surface area contributed by atoms with Crippen LogP contribution in [0, 0.1) is 0 Å². The van der Waals surface area contributed by atoms with Gasteiger partial charge in [-0.2, -0.15) is 0 Å². The Bertz CT molecular complexity index is 544. The molecule has 7 nitrogen and oxygen atoms in total. The number of carbonyl (C=O) groups excluding carboxylic acids is 3. The van der Waals surface area contributed by atoms with E-state index in [4.69, 9.17) is 9.47 Å². The standard InChI is InChI=1S/C15H22N2O5S/c1-4-21-13(18)9-6-10(15(20)22-5-2)17-14(19)11-7-8-12(16-3)23-11/h7-8,10,16H,4-6,9H2,1-3H3,(H,17,19)/t10-/m1/s1. The first-order chi connectivity index (χ1) is 11.0. The predicted octanol–water partition coefficient (Wildman–Crippen LogP) is 1.79. The highest BCUT2D eigenvalue weighted by Crippen LogP contribution is 2.21. The third-order valence-electron chi connectivity index (χ3n) is 2.90. The van der Waals surface area contributed by atoms with Gasteiger partial charge in [-0.25, -0.2) is 4.79 Å². The lowest BCUT2D eigenvalue weighted by molar-refractivity contribution is -0.146. The summed E-state index contributed by atoms with van der Waals surface area (Å²) in [6.45, 7) is 3.87. The Morgan fingerprint density at radius 1 is 1.17 bits per heavy atom. The van der Waals surface area contributed by atoms with Crippen molar-refractivity contribution in [3.05, 3.63) is 17.0 Å². The second-order valence-corrected chi connectivity index (χ2v) is 5.62. The molecule has 0 unspecified atom stereocenters. The maximum Gasteiger partial charge on any atom is 0.328 e. The molecule has 23 heavy (non-hydrogen) atoms. The summed E-state index contributed by atoms with van der Waals surface area (Å²) in [5, 5.41) is 6.39. The van der Waals surface area contributed by atoms with E-state index in [0.29, 0.717) is 4.88 Å². The molecule has 0 saturated carbocycles. The molecule has 2 N–H and O–H groups in total. The van der Waals surface area contributed by atoms with E-state index in [9.17, 15) is 14.4 Å². The van der Waals surface area contributed by atoms with Gasteiger partial charge in [-0.1, -0.05) is 0 Å². The van der Waals surface area contributed by atoms with Crippen LogP contribution in [0.5, 0.6) is 0 Å². The van der Waals surface area contributed by atoms with Gasteiger partial charge in [-0.15, -0.1) is 11.3 Å². The molecule has 0 aromatic carbocycles. The fourth-order valence-electron chi connectivity index (χ4n) is 1.81. The highest BCUT2D eigenvalue weighted by atomic mass is 32.1. The molecule has 1 aromatic rings. The van der Waals surface area contributed by atoms with Crippen LogP contribution in [0.1, 0.15) is 36.4 Å². The molecule has 0 bridgehead atoms. The van der Waals surface area contributed by atoms with Crippen LogP contribution in [0.3, 0.4) is 0 Å². The van der Waals surface area contributed by atoms with Crippen molar-refractivity contribution in [2.24, 2.45) is 0 Å². The lowest BCUT2D eigenvalue weighted by Gasteiger charge is -2.16. The molecule has 8 heteroatoms. The zero-order chi connectivity index (χ0) is 17.2. The molecule has 0 aliphatic carbocycles. The molecule has 1 heterocycles. The van der Waals surface area contributed by atoms with E-state index < -0.39 is 18.0 Å². The van der Waals surface area contributed by atoms with Gasteiger partial charge in [0, 0.05) is 13.5 Å². The average molecular weight is 342 g/mol. The smallest absolute Gasteiger partial charge is 0.328 e. The molecule has 1 amide bonds. The van der Waals surface area contributed by atoms with Crippen molar-refractivity contribution in [1.82, 2.24) is 5.32 Å². The van der Waals surface area contributed by atoms with Crippen molar-refractivity contribution >= 4 is 34.2 Å². The largest absolute Gasteiger partial charge is 0.466 e. The van der Waals surface area contributed by atoms with Crippen LogP contribution in [-0.4, -0.2) is 44.1 Å². The van der Waals surface area contributed by atoms with Crippen LogP contribution in [0.15, 0.2) is 12.1 Å². The normalized spacial score (nSPS) is 11.4. The van der Waals surface area contributed by atoms with Gasteiger partial charge >= 0.3 is 11.9 Å². The second kappa shape index (κ2) is 9.83. The molecule has 1 rings (SSSR count). The van der Waals surface area contributed by atoms with Gasteiger partial charge in [-0.3, -0.25) is 9.59 Å². The molecule has 0 spiro atoms. The van der Waals surface area contributed by atoms with E-state index in [0.717, 1.165) is 5.00 Å². The minimum absolute atomic E-state index is 0.0316. The van der Waals surface area contributed by atoms with Gasteiger partial charge < -0.3 is 20.1 Å². The lowest BCUT2D eigenvalue weighted by atomic mass is 10.1. The Hall–Kier alpha value is -2.09. The number of rotatable bonds is 9. The molecule has 0 fully saturated rings. The quantitative estimate of drug-likeness (QED) is 0.665. The number of hydrogen-bond acceptors (Lipinski definition) is 7. The van der Waals surface area contributed by atoms with E-state index in [1.807, 2.05) is 0 Å². The number of hydrogen-bond donors (Lipinski definition) is 2. The Labute approximate surface area is 139 Å². The van der Waals surface area contributed by atoms with Crippen LogP contribution in [0.4, 0.5) is 5.00 Å². The van der Waals surface area contributed by atoms with Crippen molar-refractivity contribution < 1.29 is 23.9 Å². The predicted molar refractivity (Wildman–Crippen MR) is 87.6 cm³/mol. The van der Waals surface area contributed by atoms with Gasteiger partial charge in [0.25, 0.3) is 5.91 Å². The summed E-state index contributed by atoms with van der Waals surface area (Å²) in [5.74, 6) is -1.35. The molecule has 1 atom stereocenters. The van der Waals surface area contributed by atoms with Crippen LogP contribution in [0.25, 0.3) is 0 Å². The summed E-state index contributed by atoms with van der Waals surface area (Å²) in [5.41, 5.74) is 0. The monoisotopic (exact) mass is 342 g/mol. The average Bonchev–Trinajstić information content (AvgIpc) is 3.00. The summed E-state index contributed by atoms with van der Waals surface area (Å²) in [6, 6.07) is 2.56. The van der Waals surface area contributed by atoms with Crippen molar-refractivity contribution in [3.8, 4) is 0 Å². The third-order valence-corrected chi connectivity index (χ3v) is 4.00. The van der Waals surface area contributed by atoms with E-state index in [2.05, 4.69) is 10.6 Å². The fourth-order valence-corrected chi connectivity index (χ4v) is 2.57. The molecular weight excluding hydrogens is 320 g/mol. The number of esters is 2. The summed E-state index contributed by atoms with van der Waals surface area (Å²) < 4.78 is 9.77. The van der Waals surface area contributed by atoms with Gasteiger partial charge in [0.2, 0.25) is 0 Å². The Balaban J connectivity index is 2.69. The highest BCUT2D eigenvalue weighted by Gasteiger charge is 2.24. The van der Waals surface area contributed by atoms with Gasteiger partial charge in [0.15, 0.2) is 0 Å². The number of ether oxygens (including phenoxy) is 2. The molecule has 0 radical (unpaired) electrons. The molecule has 0 saturated heterocycles. The SMILES string of the molecule is CCOC(=O)CC[C@@H](NC(=O)c1ccc(NC)s1)C(=O)OCC.